The van der Waals surface area contributed by atoms with Crippen LogP contribution in [0.2, 0.25) is 0 Å². The van der Waals surface area contributed by atoms with E-state index in [0.29, 0.717) is 13.2 Å². The van der Waals surface area contributed by atoms with Gasteiger partial charge in [-0.3, -0.25) is 9.59 Å². The van der Waals surface area contributed by atoms with Crippen molar-refractivity contribution < 1.29 is 23.8 Å². The molecule has 0 aliphatic carbocycles. The molecule has 1 amide bonds. The number of ether oxygens (including phenoxy) is 3. The number of hydrogen-bond acceptors (Lipinski definition) is 5. The maximum atomic E-state index is 12.9. The maximum Gasteiger partial charge on any atom is 0.228 e. The monoisotopic (exact) mass is 453 g/mol. The number of nitrogens with zero attached hydrogens (tertiary/aromatic N) is 1. The molecule has 1 aromatic carbocycles. The van der Waals surface area contributed by atoms with Gasteiger partial charge >= 0.3 is 0 Å². The van der Waals surface area contributed by atoms with Gasteiger partial charge in [-0.2, -0.15) is 0 Å². The maximum absolute atomic E-state index is 12.9. The minimum Gasteiger partial charge on any atom is -0.373 e. The van der Waals surface area contributed by atoms with Crippen molar-refractivity contribution in [1.29, 1.82) is 0 Å². The van der Waals surface area contributed by atoms with Crippen LogP contribution in [0.4, 0.5) is 0 Å². The summed E-state index contributed by atoms with van der Waals surface area (Å²) in [5, 5.41) is 0. The molecule has 4 atom stereocenters. The predicted molar refractivity (Wildman–Crippen MR) is 127 cm³/mol. The summed E-state index contributed by atoms with van der Waals surface area (Å²) in [6.45, 7) is 7.66. The molecule has 0 saturated carbocycles. The summed E-state index contributed by atoms with van der Waals surface area (Å²) in [5.41, 5.74) is 1.89. The first kappa shape index (κ1) is 25.1. The van der Waals surface area contributed by atoms with Crippen LogP contribution >= 0.6 is 0 Å². The van der Waals surface area contributed by atoms with Gasteiger partial charge in [0.1, 0.15) is 6.61 Å². The third-order valence-electron chi connectivity index (χ3n) is 5.77. The highest BCUT2D eigenvalue weighted by Crippen LogP contribution is 2.38. The minimum atomic E-state index is -0.409. The zero-order valence-corrected chi connectivity index (χ0v) is 19.8. The topological polar surface area (TPSA) is 68.4 Å². The lowest BCUT2D eigenvalue weighted by molar-refractivity contribution is -0.135. The van der Waals surface area contributed by atoms with E-state index < -0.39 is 6.23 Å². The zero-order chi connectivity index (χ0) is 23.6. The highest BCUT2D eigenvalue weighted by molar-refractivity contribution is 5.91. The van der Waals surface area contributed by atoms with Gasteiger partial charge in [0.25, 0.3) is 0 Å². The Hall–Kier alpha value is -2.54. The first-order valence-electron chi connectivity index (χ1n) is 11.9. The van der Waals surface area contributed by atoms with E-state index in [1.807, 2.05) is 74.2 Å². The van der Waals surface area contributed by atoms with Crippen molar-refractivity contribution in [2.45, 2.75) is 58.6 Å². The van der Waals surface area contributed by atoms with Gasteiger partial charge in [0.2, 0.25) is 5.91 Å². The summed E-state index contributed by atoms with van der Waals surface area (Å²) in [5.74, 6) is 0.0568. The van der Waals surface area contributed by atoms with Crippen LogP contribution in [0.25, 0.3) is 0 Å². The molecule has 33 heavy (non-hydrogen) atoms. The molecular formula is C27H35NO5. The Kier molecular flexibility index (Phi) is 9.61. The van der Waals surface area contributed by atoms with Crippen LogP contribution in [0.1, 0.15) is 39.2 Å². The molecule has 3 heterocycles. The van der Waals surface area contributed by atoms with Gasteiger partial charge in [0.15, 0.2) is 12.0 Å². The van der Waals surface area contributed by atoms with E-state index >= 15 is 0 Å². The fourth-order valence-corrected chi connectivity index (χ4v) is 4.22. The summed E-state index contributed by atoms with van der Waals surface area (Å²) < 4.78 is 16.7. The number of benzene rings is 1. The molecule has 0 spiro atoms. The molecule has 3 aliphatic heterocycles. The molecule has 6 nitrogen and oxygen atoms in total. The number of carbonyl (C=O) groups excluding carboxylic acids is 2. The van der Waals surface area contributed by atoms with Crippen LogP contribution in [0.5, 0.6) is 0 Å². The van der Waals surface area contributed by atoms with E-state index in [2.05, 4.69) is 0 Å². The number of amides is 1. The molecule has 0 aromatic heterocycles. The molecule has 1 aromatic rings. The van der Waals surface area contributed by atoms with Crippen LogP contribution < -0.4 is 0 Å². The van der Waals surface area contributed by atoms with Gasteiger partial charge in [-0.25, -0.2) is 0 Å². The molecule has 0 N–H and O–H groups in total. The molecule has 4 rings (SSSR count). The molecule has 6 heteroatoms. The Balaban J connectivity index is 0.00000149. The van der Waals surface area contributed by atoms with Gasteiger partial charge in [-0.15, -0.1) is 0 Å². The van der Waals surface area contributed by atoms with E-state index in [9.17, 15) is 9.59 Å². The van der Waals surface area contributed by atoms with Gasteiger partial charge in [0, 0.05) is 11.5 Å². The molecule has 3 saturated heterocycles. The normalized spacial score (nSPS) is 26.6. The highest BCUT2D eigenvalue weighted by atomic mass is 16.6. The quantitative estimate of drug-likeness (QED) is 0.301. The van der Waals surface area contributed by atoms with E-state index in [-0.39, 0.29) is 36.4 Å². The fourth-order valence-electron chi connectivity index (χ4n) is 4.22. The number of ketones is 1. The molecule has 2 unspecified atom stereocenters. The highest BCUT2D eigenvalue weighted by Gasteiger charge is 2.49. The van der Waals surface area contributed by atoms with Crippen molar-refractivity contribution in [3.05, 3.63) is 71.8 Å². The molecule has 3 aliphatic rings. The number of fused-ring (bicyclic) bond motifs is 1. The zero-order valence-electron chi connectivity index (χ0n) is 19.8. The molecule has 0 radical (unpaired) electrons. The number of hydrogen-bond donors (Lipinski definition) is 0. The second kappa shape index (κ2) is 12.6. The Bertz CT molecular complexity index is 872. The summed E-state index contributed by atoms with van der Waals surface area (Å²) in [6.07, 6.45) is 10.4. The summed E-state index contributed by atoms with van der Waals surface area (Å²) >= 11 is 0. The largest absolute Gasteiger partial charge is 0.373 e. The summed E-state index contributed by atoms with van der Waals surface area (Å²) in [4.78, 5) is 26.9. The number of carbonyl (C=O) groups is 2. The van der Waals surface area contributed by atoms with Crippen LogP contribution in [0.15, 0.2) is 66.3 Å². The predicted octanol–water partition coefficient (Wildman–Crippen LogP) is 4.22. The average Bonchev–Trinajstić information content (AvgIpc) is 3.48. The van der Waals surface area contributed by atoms with Crippen LogP contribution in [0.3, 0.4) is 0 Å². The van der Waals surface area contributed by atoms with Crippen molar-refractivity contribution in [1.82, 2.24) is 4.90 Å². The van der Waals surface area contributed by atoms with Gasteiger partial charge in [-0.1, -0.05) is 68.5 Å². The second-order valence-corrected chi connectivity index (χ2v) is 8.18. The molecule has 3 fully saturated rings. The fraction of sp³-hybridized carbons (Fsp3) is 0.481. The number of allylic oxidation sites excluding steroid dienone is 3. The average molecular weight is 454 g/mol. The lowest BCUT2D eigenvalue weighted by atomic mass is 10.00. The summed E-state index contributed by atoms with van der Waals surface area (Å²) in [6, 6.07) is 9.87. The van der Waals surface area contributed by atoms with E-state index in [0.717, 1.165) is 30.6 Å². The number of rotatable bonds is 10. The lowest BCUT2D eigenvalue weighted by Crippen LogP contribution is -2.38. The Morgan fingerprint density at radius 3 is 2.61 bits per heavy atom. The van der Waals surface area contributed by atoms with Crippen molar-refractivity contribution >= 4 is 11.7 Å². The van der Waals surface area contributed by atoms with Crippen molar-refractivity contribution in [2.24, 2.45) is 5.92 Å². The van der Waals surface area contributed by atoms with Crippen molar-refractivity contribution in [3.8, 4) is 0 Å². The Labute approximate surface area is 196 Å². The standard InChI is InChI=1S/C25H29NO5.C2H6/c1-2-7-19(10-6-11-22(27)16-29-14-18-8-4-3-5-9-18)25-26-21(15-31-25)12-20(24(26)28)13-23-17-30-23;1-2/h2-11,20-21,23,25H,12-17H2,1H3;1-2H3/b7-2-,11-6+,19-10+;/t20-,21?,23?,25+;/m0./s1. The van der Waals surface area contributed by atoms with Crippen molar-refractivity contribution in [3.63, 3.8) is 0 Å². The third kappa shape index (κ3) is 6.97. The van der Waals surface area contributed by atoms with E-state index in [1.165, 1.54) is 6.08 Å². The molecule has 0 bridgehead atoms. The van der Waals surface area contributed by atoms with Crippen LogP contribution in [-0.2, 0) is 30.4 Å². The lowest BCUT2D eigenvalue weighted by Gasteiger charge is -2.24. The Morgan fingerprint density at radius 2 is 1.91 bits per heavy atom. The minimum absolute atomic E-state index is 0.0228. The SMILES string of the molecule is CC.C\C=C/C(=C\C=C\C(=O)COCc1ccccc1)[C@H]1OCC2C[C@@H](CC3CO3)C(=O)N21. The van der Waals surface area contributed by atoms with Gasteiger partial charge in [0.05, 0.1) is 32.0 Å². The van der Waals surface area contributed by atoms with Crippen LogP contribution in [-0.4, -0.2) is 54.8 Å². The smallest absolute Gasteiger partial charge is 0.228 e. The molecule has 178 valence electrons. The second-order valence-electron chi connectivity index (χ2n) is 8.18. The summed E-state index contributed by atoms with van der Waals surface area (Å²) in [7, 11) is 0. The van der Waals surface area contributed by atoms with E-state index in [4.69, 9.17) is 14.2 Å². The van der Waals surface area contributed by atoms with Crippen LogP contribution in [0, 0.1) is 5.92 Å². The Morgan fingerprint density at radius 1 is 1.15 bits per heavy atom. The number of epoxide rings is 1. The first-order valence-corrected chi connectivity index (χ1v) is 11.9. The van der Waals surface area contributed by atoms with Crippen molar-refractivity contribution in [2.75, 3.05) is 19.8 Å². The van der Waals surface area contributed by atoms with Gasteiger partial charge in [-0.05, 0) is 31.4 Å². The van der Waals surface area contributed by atoms with E-state index in [1.54, 1.807) is 6.08 Å². The third-order valence-corrected chi connectivity index (χ3v) is 5.77. The first-order chi connectivity index (χ1) is 16.2. The van der Waals surface area contributed by atoms with Gasteiger partial charge < -0.3 is 19.1 Å². The molecular weight excluding hydrogens is 418 g/mol.